The second-order valence-corrected chi connectivity index (χ2v) is 7.21. The summed E-state index contributed by atoms with van der Waals surface area (Å²) in [6.07, 6.45) is -1.58. The Labute approximate surface area is 162 Å². The molecule has 0 bridgehead atoms. The molecule has 0 fully saturated rings. The number of aliphatic carboxylic acids is 1. The summed E-state index contributed by atoms with van der Waals surface area (Å²) in [7, 11) is -1.50. The van der Waals surface area contributed by atoms with Crippen LogP contribution < -0.4 is 5.32 Å². The van der Waals surface area contributed by atoms with Gasteiger partial charge in [0.05, 0.1) is 17.2 Å². The Morgan fingerprint density at radius 2 is 2.00 bits per heavy atom. The summed E-state index contributed by atoms with van der Waals surface area (Å²) in [6, 6.07) is 7.51. The number of aromatic nitrogens is 4. The summed E-state index contributed by atoms with van der Waals surface area (Å²) in [5.41, 5.74) is 0.735. The van der Waals surface area contributed by atoms with Crippen LogP contribution >= 0.6 is 0 Å². The summed E-state index contributed by atoms with van der Waals surface area (Å²) >= 11 is 0. The first-order valence-electron chi connectivity index (χ1n) is 8.27. The van der Waals surface area contributed by atoms with Gasteiger partial charge in [-0.1, -0.05) is 42.4 Å². The van der Waals surface area contributed by atoms with Crippen LogP contribution in [0.4, 0.5) is 4.79 Å². The molecule has 0 saturated heterocycles. The minimum atomic E-state index is -1.50. The highest BCUT2D eigenvalue weighted by Crippen LogP contribution is 2.05. The SMILES string of the molecule is CCS(=O)c1nnnn1CC(=O)C(CC(=O)O)NC(=O)OCc1ccccc1. The molecule has 1 heterocycles. The highest BCUT2D eigenvalue weighted by Gasteiger charge is 2.26. The Morgan fingerprint density at radius 1 is 1.29 bits per heavy atom. The van der Waals surface area contributed by atoms with Crippen LogP contribution in [0.3, 0.4) is 0 Å². The number of carbonyl (C=O) groups excluding carboxylic acids is 2. The van der Waals surface area contributed by atoms with E-state index in [0.29, 0.717) is 0 Å². The maximum absolute atomic E-state index is 12.5. The van der Waals surface area contributed by atoms with E-state index in [1.807, 2.05) is 6.07 Å². The Bertz CT molecular complexity index is 856. The van der Waals surface area contributed by atoms with E-state index in [0.717, 1.165) is 10.2 Å². The third kappa shape index (κ3) is 6.23. The van der Waals surface area contributed by atoms with Crippen molar-refractivity contribution in [2.75, 3.05) is 5.75 Å². The van der Waals surface area contributed by atoms with Crippen LogP contribution in [-0.4, -0.2) is 59.2 Å². The standard InChI is InChI=1S/C16H19N5O6S/c1-2-28(26)15-18-19-20-21(15)9-13(22)12(8-14(23)24)17-16(25)27-10-11-6-4-3-5-7-11/h3-7,12H,2,8-10H2,1H3,(H,17,25)(H,23,24). The van der Waals surface area contributed by atoms with Gasteiger partial charge in [-0.25, -0.2) is 9.48 Å². The lowest BCUT2D eigenvalue weighted by Crippen LogP contribution is -2.44. The van der Waals surface area contributed by atoms with Gasteiger partial charge in [0.15, 0.2) is 5.78 Å². The van der Waals surface area contributed by atoms with E-state index in [4.69, 9.17) is 9.84 Å². The van der Waals surface area contributed by atoms with Gasteiger partial charge in [0.25, 0.3) is 0 Å². The van der Waals surface area contributed by atoms with E-state index >= 15 is 0 Å². The van der Waals surface area contributed by atoms with Crippen molar-refractivity contribution in [1.29, 1.82) is 0 Å². The topological polar surface area (TPSA) is 153 Å². The predicted molar refractivity (Wildman–Crippen MR) is 95.6 cm³/mol. The Hall–Kier alpha value is -3.15. The number of ketones is 1. The van der Waals surface area contributed by atoms with Crippen LogP contribution in [0, 0.1) is 0 Å². The lowest BCUT2D eigenvalue weighted by Gasteiger charge is -2.16. The number of rotatable bonds is 10. The third-order valence-corrected chi connectivity index (χ3v) is 4.77. The monoisotopic (exact) mass is 409 g/mol. The number of carbonyl (C=O) groups is 3. The molecule has 0 aliphatic heterocycles. The lowest BCUT2D eigenvalue weighted by molar-refractivity contribution is -0.139. The highest BCUT2D eigenvalue weighted by atomic mass is 32.2. The number of tetrazole rings is 1. The van der Waals surface area contributed by atoms with Crippen LogP contribution in [0.1, 0.15) is 18.9 Å². The molecule has 2 unspecified atom stereocenters. The van der Waals surface area contributed by atoms with Crippen molar-refractivity contribution in [2.45, 2.75) is 37.7 Å². The molecule has 1 aromatic heterocycles. The molecule has 2 rings (SSSR count). The fourth-order valence-corrected chi connectivity index (χ4v) is 2.89. The molecule has 1 aromatic carbocycles. The van der Waals surface area contributed by atoms with E-state index in [1.165, 1.54) is 0 Å². The van der Waals surface area contributed by atoms with Gasteiger partial charge >= 0.3 is 12.1 Å². The number of nitrogens with one attached hydrogen (secondary N) is 1. The van der Waals surface area contributed by atoms with Gasteiger partial charge in [-0.3, -0.25) is 13.8 Å². The van der Waals surface area contributed by atoms with Crippen LogP contribution in [0.15, 0.2) is 35.5 Å². The van der Waals surface area contributed by atoms with Crippen LogP contribution in [0.5, 0.6) is 0 Å². The summed E-state index contributed by atoms with van der Waals surface area (Å²) in [5, 5.41) is 21.8. The summed E-state index contributed by atoms with van der Waals surface area (Å²) < 4.78 is 17.9. The van der Waals surface area contributed by atoms with Crippen LogP contribution in [0.2, 0.25) is 0 Å². The van der Waals surface area contributed by atoms with Gasteiger partial charge in [-0.2, -0.15) is 0 Å². The molecule has 1 amide bonds. The smallest absolute Gasteiger partial charge is 0.408 e. The molecule has 0 aliphatic carbocycles. The van der Waals surface area contributed by atoms with E-state index in [2.05, 4.69) is 20.8 Å². The number of benzene rings is 1. The van der Waals surface area contributed by atoms with Gasteiger partial charge in [0.2, 0.25) is 5.16 Å². The normalized spacial score (nSPS) is 12.8. The molecule has 12 heteroatoms. The second-order valence-electron chi connectivity index (χ2n) is 5.58. The Morgan fingerprint density at radius 3 is 2.64 bits per heavy atom. The molecule has 2 aromatic rings. The average Bonchev–Trinajstić information content (AvgIpc) is 3.13. The molecule has 0 aliphatic rings. The number of amides is 1. The number of hydrogen-bond donors (Lipinski definition) is 2. The zero-order valence-electron chi connectivity index (χ0n) is 15.0. The number of carboxylic acids is 1. The summed E-state index contributed by atoms with van der Waals surface area (Å²) in [4.78, 5) is 35.5. The highest BCUT2D eigenvalue weighted by molar-refractivity contribution is 7.84. The van der Waals surface area contributed by atoms with Crippen molar-refractivity contribution >= 4 is 28.6 Å². The van der Waals surface area contributed by atoms with E-state index < -0.39 is 47.7 Å². The molecule has 0 saturated carbocycles. The lowest BCUT2D eigenvalue weighted by atomic mass is 10.1. The minimum Gasteiger partial charge on any atom is -0.481 e. The fourth-order valence-electron chi connectivity index (χ4n) is 2.17. The first-order valence-corrected chi connectivity index (χ1v) is 9.58. The van der Waals surface area contributed by atoms with Gasteiger partial charge < -0.3 is 15.2 Å². The number of nitrogens with zero attached hydrogens (tertiary/aromatic N) is 4. The number of ether oxygens (including phenoxy) is 1. The molecule has 11 nitrogen and oxygen atoms in total. The Balaban J connectivity index is 2.01. The molecular weight excluding hydrogens is 390 g/mol. The van der Waals surface area contributed by atoms with E-state index in [-0.39, 0.29) is 17.5 Å². The minimum absolute atomic E-state index is 0.00317. The van der Waals surface area contributed by atoms with Gasteiger partial charge in [-0.15, -0.1) is 0 Å². The molecule has 2 N–H and O–H groups in total. The van der Waals surface area contributed by atoms with Gasteiger partial charge in [-0.05, 0) is 16.0 Å². The largest absolute Gasteiger partial charge is 0.481 e. The number of hydrogen-bond acceptors (Lipinski definition) is 8. The zero-order chi connectivity index (χ0) is 20.5. The molecule has 2 atom stereocenters. The van der Waals surface area contributed by atoms with Crippen molar-refractivity contribution in [2.24, 2.45) is 0 Å². The quantitative estimate of drug-likeness (QED) is 0.557. The molecule has 0 spiro atoms. The second kappa shape index (κ2) is 10.3. The maximum atomic E-state index is 12.5. The van der Waals surface area contributed by atoms with Crippen molar-refractivity contribution in [1.82, 2.24) is 25.5 Å². The number of Topliss-reactive ketones (excluding diaryl/α,β-unsaturated/α-hetero) is 1. The molecule has 150 valence electrons. The van der Waals surface area contributed by atoms with Gasteiger partial charge in [0, 0.05) is 5.75 Å². The summed E-state index contributed by atoms with van der Waals surface area (Å²) in [5.74, 6) is -1.70. The first-order chi connectivity index (χ1) is 13.4. The van der Waals surface area contributed by atoms with Gasteiger partial charge in [0.1, 0.15) is 19.2 Å². The zero-order valence-corrected chi connectivity index (χ0v) is 15.8. The third-order valence-electron chi connectivity index (χ3n) is 3.54. The van der Waals surface area contributed by atoms with Crippen molar-refractivity contribution in [3.8, 4) is 0 Å². The van der Waals surface area contributed by atoms with Crippen molar-refractivity contribution in [3.63, 3.8) is 0 Å². The number of alkyl carbamates (subject to hydrolysis) is 1. The van der Waals surface area contributed by atoms with E-state index in [9.17, 15) is 18.6 Å². The van der Waals surface area contributed by atoms with Crippen LogP contribution in [0.25, 0.3) is 0 Å². The number of carboxylic acid groups (broad SMARTS) is 1. The molecule has 28 heavy (non-hydrogen) atoms. The first kappa shape index (κ1) is 21.2. The van der Waals surface area contributed by atoms with Crippen molar-refractivity contribution in [3.05, 3.63) is 35.9 Å². The fraction of sp³-hybridized carbons (Fsp3) is 0.375. The van der Waals surface area contributed by atoms with Crippen LogP contribution in [-0.2, 0) is 38.3 Å². The Kier molecular flexibility index (Phi) is 7.75. The summed E-state index contributed by atoms with van der Waals surface area (Å²) in [6.45, 7) is 1.19. The molecule has 0 radical (unpaired) electrons. The van der Waals surface area contributed by atoms with Crippen molar-refractivity contribution < 1.29 is 28.4 Å². The molecular formula is C16H19N5O6S. The predicted octanol–water partition coefficient (Wildman–Crippen LogP) is 0.139. The maximum Gasteiger partial charge on any atom is 0.408 e. The average molecular weight is 409 g/mol. The van der Waals surface area contributed by atoms with E-state index in [1.54, 1.807) is 31.2 Å².